The third kappa shape index (κ3) is 2.08. The molecule has 1 aliphatic carbocycles. The Morgan fingerprint density at radius 2 is 1.95 bits per heavy atom. The molecule has 0 saturated carbocycles. The van der Waals surface area contributed by atoms with Crippen LogP contribution in [0.2, 0.25) is 0 Å². The highest BCUT2D eigenvalue weighted by molar-refractivity contribution is 6.06. The fourth-order valence-electron chi connectivity index (χ4n) is 3.19. The van der Waals surface area contributed by atoms with E-state index < -0.39 is 0 Å². The van der Waals surface area contributed by atoms with Crippen molar-refractivity contribution < 1.29 is 4.79 Å². The summed E-state index contributed by atoms with van der Waals surface area (Å²) < 4.78 is 1.78. The molecule has 1 aliphatic rings. The van der Waals surface area contributed by atoms with E-state index in [2.05, 4.69) is 10.4 Å². The molecule has 4 nitrogen and oxygen atoms in total. The van der Waals surface area contributed by atoms with E-state index in [0.29, 0.717) is 5.56 Å². The van der Waals surface area contributed by atoms with E-state index in [0.717, 1.165) is 41.5 Å². The molecule has 1 heterocycles. The molecule has 1 N–H and O–H groups in total. The molecule has 0 bridgehead atoms. The van der Waals surface area contributed by atoms with Gasteiger partial charge in [-0.25, -0.2) is 0 Å². The van der Waals surface area contributed by atoms with Gasteiger partial charge in [0.05, 0.1) is 5.69 Å². The maximum Gasteiger partial charge on any atom is 0.256 e. The monoisotopic (exact) mass is 291 g/mol. The number of anilines is 1. The molecular weight excluding hydrogens is 274 g/mol. The van der Waals surface area contributed by atoms with E-state index in [1.165, 1.54) is 5.56 Å². The molecule has 1 amide bonds. The maximum atomic E-state index is 12.6. The Kier molecular flexibility index (Phi) is 2.96. The predicted octanol–water partition coefficient (Wildman–Crippen LogP) is 3.31. The van der Waals surface area contributed by atoms with Crippen molar-refractivity contribution in [1.29, 1.82) is 0 Å². The Morgan fingerprint density at radius 1 is 1.14 bits per heavy atom. The van der Waals surface area contributed by atoms with Gasteiger partial charge in [-0.1, -0.05) is 30.3 Å². The first-order chi connectivity index (χ1) is 10.7. The van der Waals surface area contributed by atoms with Gasteiger partial charge >= 0.3 is 0 Å². The molecule has 2 aromatic carbocycles. The van der Waals surface area contributed by atoms with Gasteiger partial charge in [0.2, 0.25) is 0 Å². The van der Waals surface area contributed by atoms with Crippen LogP contribution in [-0.4, -0.2) is 15.7 Å². The number of aromatic nitrogens is 2. The zero-order chi connectivity index (χ0) is 15.1. The Bertz CT molecular complexity index is 879. The molecule has 0 atom stereocenters. The molecule has 0 radical (unpaired) electrons. The fraction of sp³-hybridized carbons (Fsp3) is 0.222. The number of nitrogens with one attached hydrogen (secondary N) is 1. The van der Waals surface area contributed by atoms with Crippen molar-refractivity contribution in [1.82, 2.24) is 9.78 Å². The standard InChI is InChI=1S/C18H17N3O/c1-21-17(15-7-4-8-16(15)20-21)19-18(22)14-10-9-12-5-2-3-6-13(12)11-14/h2-3,5-6,9-11H,4,7-8H2,1H3,(H,19,22). The van der Waals surface area contributed by atoms with Crippen LogP contribution in [-0.2, 0) is 19.9 Å². The first kappa shape index (κ1) is 13.1. The summed E-state index contributed by atoms with van der Waals surface area (Å²) in [5.74, 6) is 0.758. The highest BCUT2D eigenvalue weighted by atomic mass is 16.1. The highest BCUT2D eigenvalue weighted by Crippen LogP contribution is 2.28. The smallest absolute Gasteiger partial charge is 0.256 e. The molecule has 0 saturated heterocycles. The van der Waals surface area contributed by atoms with Crippen molar-refractivity contribution in [3.05, 3.63) is 59.3 Å². The molecule has 0 spiro atoms. The van der Waals surface area contributed by atoms with Gasteiger partial charge in [-0.05, 0) is 42.2 Å². The van der Waals surface area contributed by atoms with Crippen LogP contribution in [0.3, 0.4) is 0 Å². The Hall–Kier alpha value is -2.62. The van der Waals surface area contributed by atoms with Gasteiger partial charge in [0.1, 0.15) is 5.82 Å². The second-order valence-corrected chi connectivity index (χ2v) is 5.77. The van der Waals surface area contributed by atoms with Crippen molar-refractivity contribution in [3.8, 4) is 0 Å². The van der Waals surface area contributed by atoms with Crippen LogP contribution in [0, 0.1) is 0 Å². The third-order valence-electron chi connectivity index (χ3n) is 4.31. The van der Waals surface area contributed by atoms with E-state index in [1.807, 2.05) is 49.5 Å². The number of aryl methyl sites for hydroxylation is 2. The number of rotatable bonds is 2. The van der Waals surface area contributed by atoms with E-state index >= 15 is 0 Å². The Labute approximate surface area is 128 Å². The lowest BCUT2D eigenvalue weighted by atomic mass is 10.1. The summed E-state index contributed by atoms with van der Waals surface area (Å²) in [6, 6.07) is 13.8. The number of nitrogens with zero attached hydrogens (tertiary/aromatic N) is 2. The topological polar surface area (TPSA) is 46.9 Å². The largest absolute Gasteiger partial charge is 0.307 e. The molecule has 0 aliphatic heterocycles. The minimum absolute atomic E-state index is 0.0801. The minimum Gasteiger partial charge on any atom is -0.307 e. The maximum absolute atomic E-state index is 12.6. The number of amides is 1. The number of carbonyl (C=O) groups is 1. The van der Waals surface area contributed by atoms with Crippen molar-refractivity contribution in [2.75, 3.05) is 5.32 Å². The summed E-state index contributed by atoms with van der Waals surface area (Å²) in [6.45, 7) is 0. The summed E-state index contributed by atoms with van der Waals surface area (Å²) in [5, 5.41) is 9.74. The molecular formula is C18H17N3O. The lowest BCUT2D eigenvalue weighted by Crippen LogP contribution is -2.15. The van der Waals surface area contributed by atoms with Gasteiger partial charge in [0.15, 0.2) is 0 Å². The van der Waals surface area contributed by atoms with Crippen LogP contribution in [0.25, 0.3) is 10.8 Å². The second kappa shape index (κ2) is 4.98. The zero-order valence-corrected chi connectivity index (χ0v) is 12.5. The normalized spacial score (nSPS) is 13.3. The summed E-state index contributed by atoms with van der Waals surface area (Å²) in [7, 11) is 1.88. The van der Waals surface area contributed by atoms with Gasteiger partial charge in [-0.3, -0.25) is 9.48 Å². The third-order valence-corrected chi connectivity index (χ3v) is 4.31. The van der Waals surface area contributed by atoms with Crippen LogP contribution < -0.4 is 5.32 Å². The van der Waals surface area contributed by atoms with Gasteiger partial charge in [0, 0.05) is 18.2 Å². The number of hydrogen-bond acceptors (Lipinski definition) is 2. The molecule has 1 aromatic heterocycles. The summed E-state index contributed by atoms with van der Waals surface area (Å²) in [6.07, 6.45) is 3.13. The summed E-state index contributed by atoms with van der Waals surface area (Å²) >= 11 is 0. The number of hydrogen-bond donors (Lipinski definition) is 1. The van der Waals surface area contributed by atoms with Crippen molar-refractivity contribution in [2.24, 2.45) is 7.05 Å². The van der Waals surface area contributed by atoms with Gasteiger partial charge in [-0.15, -0.1) is 0 Å². The molecule has 0 unspecified atom stereocenters. The number of carbonyl (C=O) groups excluding carboxylic acids is 1. The zero-order valence-electron chi connectivity index (χ0n) is 12.5. The van der Waals surface area contributed by atoms with E-state index in [9.17, 15) is 4.79 Å². The van der Waals surface area contributed by atoms with Crippen LogP contribution >= 0.6 is 0 Å². The average Bonchev–Trinajstić information content (AvgIpc) is 3.09. The molecule has 4 heteroatoms. The molecule has 0 fully saturated rings. The SMILES string of the molecule is Cn1nc2c(c1NC(=O)c1ccc3ccccc3c1)CCC2. The van der Waals surface area contributed by atoms with E-state index in [-0.39, 0.29) is 5.91 Å². The number of fused-ring (bicyclic) bond motifs is 2. The summed E-state index contributed by atoms with van der Waals surface area (Å²) in [5.41, 5.74) is 2.99. The average molecular weight is 291 g/mol. The Morgan fingerprint density at radius 3 is 2.82 bits per heavy atom. The first-order valence-electron chi connectivity index (χ1n) is 7.57. The first-order valence-corrected chi connectivity index (χ1v) is 7.57. The predicted molar refractivity (Wildman–Crippen MR) is 87.1 cm³/mol. The molecule has 4 rings (SSSR count). The van der Waals surface area contributed by atoms with E-state index in [4.69, 9.17) is 0 Å². The lowest BCUT2D eigenvalue weighted by molar-refractivity contribution is 0.102. The van der Waals surface area contributed by atoms with E-state index in [1.54, 1.807) is 4.68 Å². The van der Waals surface area contributed by atoms with Crippen molar-refractivity contribution in [3.63, 3.8) is 0 Å². The second-order valence-electron chi connectivity index (χ2n) is 5.77. The minimum atomic E-state index is -0.0801. The van der Waals surface area contributed by atoms with Crippen molar-refractivity contribution in [2.45, 2.75) is 19.3 Å². The van der Waals surface area contributed by atoms with Gasteiger partial charge < -0.3 is 5.32 Å². The van der Waals surface area contributed by atoms with Crippen LogP contribution in [0.15, 0.2) is 42.5 Å². The lowest BCUT2D eigenvalue weighted by Gasteiger charge is -2.08. The molecule has 3 aromatic rings. The quantitative estimate of drug-likeness (QED) is 0.787. The van der Waals surface area contributed by atoms with Crippen LogP contribution in [0.5, 0.6) is 0 Å². The molecule has 110 valence electrons. The van der Waals surface area contributed by atoms with Gasteiger partial charge in [0.25, 0.3) is 5.91 Å². The van der Waals surface area contributed by atoms with Crippen molar-refractivity contribution >= 4 is 22.5 Å². The Balaban J connectivity index is 1.66. The molecule has 22 heavy (non-hydrogen) atoms. The number of benzene rings is 2. The van der Waals surface area contributed by atoms with Gasteiger partial charge in [-0.2, -0.15) is 5.10 Å². The fourth-order valence-corrected chi connectivity index (χ4v) is 3.19. The summed E-state index contributed by atoms with van der Waals surface area (Å²) in [4.78, 5) is 12.6. The van der Waals surface area contributed by atoms with Crippen LogP contribution in [0.4, 0.5) is 5.82 Å². The van der Waals surface area contributed by atoms with Crippen LogP contribution in [0.1, 0.15) is 28.0 Å². The highest BCUT2D eigenvalue weighted by Gasteiger charge is 2.22.